The fourth-order valence-electron chi connectivity index (χ4n) is 2.78. The van der Waals surface area contributed by atoms with Gasteiger partial charge in [0.05, 0.1) is 10.5 Å². The number of ketones is 1. The number of hydrogen-bond acceptors (Lipinski definition) is 6. The fraction of sp³-hybridized carbons (Fsp3) is 0.0435. The van der Waals surface area contributed by atoms with Gasteiger partial charge in [-0.3, -0.25) is 4.79 Å². The SMILES string of the molecule is CC(=O)/C(C#N)=C/c1ccc(-c2nnc(-c3ccc(-c4ccccc4)cc3)o2)s1. The van der Waals surface area contributed by atoms with Crippen LogP contribution in [0.4, 0.5) is 0 Å². The number of nitrogens with zero attached hydrogens (tertiary/aromatic N) is 3. The molecule has 0 bridgehead atoms. The minimum Gasteiger partial charge on any atom is -0.415 e. The van der Waals surface area contributed by atoms with Crippen molar-refractivity contribution in [2.45, 2.75) is 6.92 Å². The van der Waals surface area contributed by atoms with Gasteiger partial charge in [0, 0.05) is 10.4 Å². The van der Waals surface area contributed by atoms with Crippen LogP contribution in [-0.4, -0.2) is 16.0 Å². The number of nitriles is 1. The van der Waals surface area contributed by atoms with Gasteiger partial charge in [-0.1, -0.05) is 42.5 Å². The Morgan fingerprint density at radius 2 is 1.59 bits per heavy atom. The van der Waals surface area contributed by atoms with E-state index in [0.717, 1.165) is 26.4 Å². The van der Waals surface area contributed by atoms with E-state index in [1.807, 2.05) is 60.7 Å². The summed E-state index contributed by atoms with van der Waals surface area (Å²) in [6, 6.07) is 23.6. The van der Waals surface area contributed by atoms with Crippen LogP contribution in [0.15, 0.2) is 76.7 Å². The van der Waals surface area contributed by atoms with Crippen LogP contribution in [0.5, 0.6) is 0 Å². The number of benzene rings is 2. The molecule has 0 aliphatic carbocycles. The van der Waals surface area contributed by atoms with Crippen molar-refractivity contribution in [1.82, 2.24) is 10.2 Å². The molecule has 0 amide bonds. The summed E-state index contributed by atoms with van der Waals surface area (Å²) in [5, 5.41) is 17.3. The Labute approximate surface area is 171 Å². The molecule has 2 aromatic carbocycles. The fourth-order valence-corrected chi connectivity index (χ4v) is 3.65. The first kappa shape index (κ1) is 18.5. The summed E-state index contributed by atoms with van der Waals surface area (Å²) < 4.78 is 5.83. The highest BCUT2D eigenvalue weighted by atomic mass is 32.1. The summed E-state index contributed by atoms with van der Waals surface area (Å²) in [5.41, 5.74) is 3.21. The lowest BCUT2D eigenvalue weighted by Crippen LogP contribution is -1.91. The second-order valence-corrected chi connectivity index (χ2v) is 7.40. The molecule has 0 fully saturated rings. The van der Waals surface area contributed by atoms with E-state index >= 15 is 0 Å². The first-order valence-corrected chi connectivity index (χ1v) is 9.68. The molecule has 6 heteroatoms. The smallest absolute Gasteiger partial charge is 0.258 e. The molecule has 0 saturated carbocycles. The Morgan fingerprint density at radius 1 is 0.931 bits per heavy atom. The first-order chi connectivity index (χ1) is 14.1. The summed E-state index contributed by atoms with van der Waals surface area (Å²) in [6.07, 6.45) is 1.57. The van der Waals surface area contributed by atoms with Crippen molar-refractivity contribution in [2.24, 2.45) is 0 Å². The Kier molecular flexibility index (Phi) is 5.14. The third-order valence-corrected chi connectivity index (χ3v) is 5.31. The molecule has 0 unspecified atom stereocenters. The van der Waals surface area contributed by atoms with Crippen LogP contribution in [0.3, 0.4) is 0 Å². The number of rotatable bonds is 5. The maximum absolute atomic E-state index is 11.4. The van der Waals surface area contributed by atoms with Crippen LogP contribution in [0.25, 0.3) is 39.4 Å². The van der Waals surface area contributed by atoms with Crippen LogP contribution in [0, 0.1) is 11.3 Å². The largest absolute Gasteiger partial charge is 0.415 e. The topological polar surface area (TPSA) is 79.8 Å². The number of allylic oxidation sites excluding steroid dienone is 1. The van der Waals surface area contributed by atoms with E-state index in [9.17, 15) is 4.79 Å². The number of carbonyl (C=O) groups excluding carboxylic acids is 1. The Hall–Kier alpha value is -3.82. The van der Waals surface area contributed by atoms with Crippen LogP contribution in [0.2, 0.25) is 0 Å². The third kappa shape index (κ3) is 4.05. The van der Waals surface area contributed by atoms with E-state index in [-0.39, 0.29) is 11.4 Å². The summed E-state index contributed by atoms with van der Waals surface area (Å²) in [6.45, 7) is 1.37. The van der Waals surface area contributed by atoms with Crippen LogP contribution < -0.4 is 0 Å². The standard InChI is InChI=1S/C23H15N3O2S/c1-15(27)19(14-24)13-20-11-12-21(29-20)23-26-25-22(28-23)18-9-7-17(8-10-18)16-5-3-2-4-6-16/h2-13H,1H3/b19-13+. The molecule has 4 aromatic rings. The van der Waals surface area contributed by atoms with E-state index in [1.165, 1.54) is 18.3 Å². The van der Waals surface area contributed by atoms with Gasteiger partial charge < -0.3 is 4.42 Å². The maximum Gasteiger partial charge on any atom is 0.258 e. The van der Waals surface area contributed by atoms with Crippen molar-refractivity contribution in [1.29, 1.82) is 5.26 Å². The minimum atomic E-state index is -0.263. The van der Waals surface area contributed by atoms with Gasteiger partial charge in [-0.25, -0.2) is 0 Å². The highest BCUT2D eigenvalue weighted by Crippen LogP contribution is 2.31. The molecule has 0 aliphatic rings. The highest BCUT2D eigenvalue weighted by molar-refractivity contribution is 7.16. The molecule has 140 valence electrons. The van der Waals surface area contributed by atoms with Crippen molar-refractivity contribution >= 4 is 23.2 Å². The molecule has 4 rings (SSSR count). The molecule has 5 nitrogen and oxygen atoms in total. The Bertz CT molecular complexity index is 1230. The van der Waals surface area contributed by atoms with Crippen molar-refractivity contribution in [2.75, 3.05) is 0 Å². The van der Waals surface area contributed by atoms with Gasteiger partial charge in [-0.15, -0.1) is 21.5 Å². The van der Waals surface area contributed by atoms with Gasteiger partial charge in [-0.2, -0.15) is 5.26 Å². The van der Waals surface area contributed by atoms with Crippen molar-refractivity contribution in [3.8, 4) is 39.4 Å². The lowest BCUT2D eigenvalue weighted by atomic mass is 10.0. The highest BCUT2D eigenvalue weighted by Gasteiger charge is 2.13. The summed E-state index contributed by atoms with van der Waals surface area (Å²) in [5.74, 6) is 0.575. The zero-order valence-electron chi connectivity index (χ0n) is 15.5. The minimum absolute atomic E-state index is 0.114. The molecule has 0 N–H and O–H groups in total. The maximum atomic E-state index is 11.4. The lowest BCUT2D eigenvalue weighted by Gasteiger charge is -2.01. The van der Waals surface area contributed by atoms with Gasteiger partial charge in [-0.05, 0) is 48.4 Å². The molecule has 2 aromatic heterocycles. The summed E-state index contributed by atoms with van der Waals surface area (Å²) in [7, 11) is 0. The molecule has 0 radical (unpaired) electrons. The Balaban J connectivity index is 1.56. The molecule has 0 spiro atoms. The van der Waals surface area contributed by atoms with Gasteiger partial charge in [0.1, 0.15) is 6.07 Å². The van der Waals surface area contributed by atoms with E-state index < -0.39 is 0 Å². The predicted molar refractivity (Wildman–Crippen MR) is 113 cm³/mol. The second-order valence-electron chi connectivity index (χ2n) is 6.28. The van der Waals surface area contributed by atoms with Crippen LogP contribution in [-0.2, 0) is 4.79 Å². The molecule has 29 heavy (non-hydrogen) atoms. The van der Waals surface area contributed by atoms with E-state index in [0.29, 0.717) is 11.8 Å². The number of thiophene rings is 1. The zero-order chi connectivity index (χ0) is 20.2. The van der Waals surface area contributed by atoms with Gasteiger partial charge in [0.15, 0.2) is 5.78 Å². The molecular formula is C23H15N3O2S. The number of carbonyl (C=O) groups is 1. The summed E-state index contributed by atoms with van der Waals surface area (Å²) >= 11 is 1.38. The molecule has 2 heterocycles. The zero-order valence-corrected chi connectivity index (χ0v) is 16.3. The monoisotopic (exact) mass is 397 g/mol. The Morgan fingerprint density at radius 3 is 2.28 bits per heavy atom. The van der Waals surface area contributed by atoms with E-state index in [4.69, 9.17) is 9.68 Å². The average Bonchev–Trinajstić information content (AvgIpc) is 3.42. The predicted octanol–water partition coefficient (Wildman–Crippen LogP) is 5.63. The van der Waals surface area contributed by atoms with Gasteiger partial charge >= 0.3 is 0 Å². The van der Waals surface area contributed by atoms with Crippen LogP contribution >= 0.6 is 11.3 Å². The molecule has 0 saturated heterocycles. The third-order valence-electron chi connectivity index (χ3n) is 4.29. The van der Waals surface area contributed by atoms with Crippen molar-refractivity contribution < 1.29 is 9.21 Å². The number of Topliss-reactive ketones (excluding diaryl/α,β-unsaturated/α-hetero) is 1. The quantitative estimate of drug-likeness (QED) is 0.322. The summed E-state index contributed by atoms with van der Waals surface area (Å²) in [4.78, 5) is 13.0. The van der Waals surface area contributed by atoms with Crippen molar-refractivity contribution in [3.05, 3.63) is 77.2 Å². The lowest BCUT2D eigenvalue weighted by molar-refractivity contribution is -0.113. The van der Waals surface area contributed by atoms with Crippen molar-refractivity contribution in [3.63, 3.8) is 0 Å². The van der Waals surface area contributed by atoms with Gasteiger partial charge in [0.25, 0.3) is 5.89 Å². The van der Waals surface area contributed by atoms with E-state index in [2.05, 4.69) is 22.3 Å². The number of aromatic nitrogens is 2. The molecule has 0 aliphatic heterocycles. The van der Waals surface area contributed by atoms with Crippen LogP contribution in [0.1, 0.15) is 11.8 Å². The molecular weight excluding hydrogens is 382 g/mol. The van der Waals surface area contributed by atoms with Gasteiger partial charge in [0.2, 0.25) is 5.89 Å². The first-order valence-electron chi connectivity index (χ1n) is 8.86. The number of hydrogen-bond donors (Lipinski definition) is 0. The average molecular weight is 397 g/mol. The second kappa shape index (κ2) is 8.05. The normalized spacial score (nSPS) is 11.2. The van der Waals surface area contributed by atoms with E-state index in [1.54, 1.807) is 6.08 Å². The molecule has 0 atom stereocenters.